The lowest BCUT2D eigenvalue weighted by Gasteiger charge is -2.17. The zero-order valence-electron chi connectivity index (χ0n) is 10.2. The van der Waals surface area contributed by atoms with Crippen molar-refractivity contribution in [3.05, 3.63) is 35.9 Å². The zero-order valence-corrected chi connectivity index (χ0v) is 10.2. The highest BCUT2D eigenvalue weighted by Gasteiger charge is 2.12. The van der Waals surface area contributed by atoms with Gasteiger partial charge in [0.2, 0.25) is 0 Å². The average molecular weight is 230 g/mol. The van der Waals surface area contributed by atoms with E-state index < -0.39 is 0 Å². The lowest BCUT2D eigenvalue weighted by Crippen LogP contribution is -2.43. The van der Waals surface area contributed by atoms with Gasteiger partial charge < -0.3 is 10.6 Å². The van der Waals surface area contributed by atoms with E-state index in [4.69, 9.17) is 6.42 Å². The third-order valence-corrected chi connectivity index (χ3v) is 2.43. The van der Waals surface area contributed by atoms with Crippen LogP contribution in [0.1, 0.15) is 19.4 Å². The maximum atomic E-state index is 11.6. The van der Waals surface area contributed by atoms with E-state index in [-0.39, 0.29) is 18.0 Å². The second-order valence-electron chi connectivity index (χ2n) is 4.20. The Labute approximate surface area is 103 Å². The van der Waals surface area contributed by atoms with Crippen LogP contribution in [0.3, 0.4) is 0 Å². The molecule has 1 unspecified atom stereocenters. The van der Waals surface area contributed by atoms with Gasteiger partial charge in [0.1, 0.15) is 0 Å². The van der Waals surface area contributed by atoms with E-state index in [1.807, 2.05) is 44.2 Å². The lowest BCUT2D eigenvalue weighted by molar-refractivity contribution is 0.236. The average Bonchev–Trinajstić information content (AvgIpc) is 2.34. The number of carbonyl (C=O) groups excluding carboxylic acids is 1. The van der Waals surface area contributed by atoms with Gasteiger partial charge in [0, 0.05) is 6.54 Å². The molecule has 0 heterocycles. The maximum Gasteiger partial charge on any atom is 0.316 e. The van der Waals surface area contributed by atoms with E-state index in [9.17, 15) is 4.79 Å². The quantitative estimate of drug-likeness (QED) is 0.764. The summed E-state index contributed by atoms with van der Waals surface area (Å²) in [5.41, 5.74) is 1.06. The van der Waals surface area contributed by atoms with Gasteiger partial charge in [0.15, 0.2) is 0 Å². The summed E-state index contributed by atoms with van der Waals surface area (Å²) in [7, 11) is 0. The summed E-state index contributed by atoms with van der Waals surface area (Å²) in [6, 6.07) is 9.27. The summed E-state index contributed by atoms with van der Waals surface area (Å²) in [4.78, 5) is 11.6. The minimum Gasteiger partial charge on any atom is -0.334 e. The fraction of sp³-hybridized carbons (Fsp3) is 0.357. The summed E-state index contributed by atoms with van der Waals surface area (Å²) < 4.78 is 0. The molecule has 0 spiro atoms. The predicted octanol–water partition coefficient (Wildman–Crippen LogP) is 2.14. The topological polar surface area (TPSA) is 41.1 Å². The monoisotopic (exact) mass is 230 g/mol. The van der Waals surface area contributed by atoms with Crippen molar-refractivity contribution in [3.8, 4) is 12.3 Å². The van der Waals surface area contributed by atoms with Crippen LogP contribution in [-0.4, -0.2) is 12.1 Å². The Kier molecular flexibility index (Phi) is 5.09. The van der Waals surface area contributed by atoms with Gasteiger partial charge in [-0.05, 0) is 11.5 Å². The number of terminal acetylenes is 1. The Morgan fingerprint density at radius 1 is 1.35 bits per heavy atom. The molecular formula is C14H18N2O. The standard InChI is InChI=1S/C14H18N2O/c1-4-13(11(2)3)16-14(17)15-10-12-8-6-5-7-9-12/h1,5-9,11,13H,10H2,2-3H3,(H2,15,16,17). The number of urea groups is 1. The van der Waals surface area contributed by atoms with Crippen LogP contribution >= 0.6 is 0 Å². The molecule has 1 aromatic carbocycles. The minimum atomic E-state index is -0.231. The van der Waals surface area contributed by atoms with Crippen molar-refractivity contribution in [2.75, 3.05) is 0 Å². The smallest absolute Gasteiger partial charge is 0.316 e. The van der Waals surface area contributed by atoms with Gasteiger partial charge in [0.05, 0.1) is 6.04 Å². The summed E-state index contributed by atoms with van der Waals surface area (Å²) >= 11 is 0. The Hall–Kier alpha value is -1.95. The highest BCUT2D eigenvalue weighted by atomic mass is 16.2. The van der Waals surface area contributed by atoms with Crippen molar-refractivity contribution in [1.82, 2.24) is 10.6 Å². The second-order valence-corrected chi connectivity index (χ2v) is 4.20. The molecule has 17 heavy (non-hydrogen) atoms. The minimum absolute atomic E-state index is 0.225. The Balaban J connectivity index is 2.38. The number of benzene rings is 1. The number of amides is 2. The van der Waals surface area contributed by atoms with Crippen LogP contribution in [0.25, 0.3) is 0 Å². The van der Waals surface area contributed by atoms with Crippen molar-refractivity contribution < 1.29 is 4.79 Å². The van der Waals surface area contributed by atoms with Gasteiger partial charge in [-0.2, -0.15) is 0 Å². The molecule has 0 saturated carbocycles. The summed E-state index contributed by atoms with van der Waals surface area (Å²) in [6.07, 6.45) is 5.34. The fourth-order valence-corrected chi connectivity index (χ4v) is 1.37. The molecule has 0 saturated heterocycles. The van der Waals surface area contributed by atoms with Crippen molar-refractivity contribution in [3.63, 3.8) is 0 Å². The molecule has 3 nitrogen and oxygen atoms in total. The first kappa shape index (κ1) is 13.1. The van der Waals surface area contributed by atoms with Crippen LogP contribution in [0.15, 0.2) is 30.3 Å². The van der Waals surface area contributed by atoms with Crippen LogP contribution in [0.2, 0.25) is 0 Å². The van der Waals surface area contributed by atoms with Crippen molar-refractivity contribution in [2.24, 2.45) is 5.92 Å². The van der Waals surface area contributed by atoms with E-state index in [0.717, 1.165) is 5.56 Å². The Morgan fingerprint density at radius 2 is 2.00 bits per heavy atom. The van der Waals surface area contributed by atoms with Crippen LogP contribution in [0, 0.1) is 18.3 Å². The van der Waals surface area contributed by atoms with Crippen LogP contribution in [0.4, 0.5) is 4.79 Å². The zero-order chi connectivity index (χ0) is 12.7. The largest absolute Gasteiger partial charge is 0.334 e. The van der Waals surface area contributed by atoms with Crippen LogP contribution in [-0.2, 0) is 6.54 Å². The number of carbonyl (C=O) groups is 1. The normalized spacial score (nSPS) is 11.6. The molecule has 0 bridgehead atoms. The highest BCUT2D eigenvalue weighted by Crippen LogP contribution is 2.00. The molecule has 0 aromatic heterocycles. The molecule has 0 aliphatic rings. The highest BCUT2D eigenvalue weighted by molar-refractivity contribution is 5.74. The molecule has 0 aliphatic carbocycles. The first-order valence-corrected chi connectivity index (χ1v) is 5.68. The SMILES string of the molecule is C#CC(NC(=O)NCc1ccccc1)C(C)C. The number of rotatable bonds is 4. The molecule has 2 N–H and O–H groups in total. The molecule has 1 atom stereocenters. The molecule has 1 rings (SSSR count). The summed E-state index contributed by atoms with van der Waals surface area (Å²) in [6.45, 7) is 4.45. The fourth-order valence-electron chi connectivity index (χ4n) is 1.37. The molecule has 0 aliphatic heterocycles. The predicted molar refractivity (Wildman–Crippen MR) is 69.3 cm³/mol. The van der Waals surface area contributed by atoms with Gasteiger partial charge in [-0.15, -0.1) is 6.42 Å². The molecule has 90 valence electrons. The second kappa shape index (κ2) is 6.59. The molecule has 0 fully saturated rings. The van der Waals surface area contributed by atoms with Crippen LogP contribution < -0.4 is 10.6 Å². The van der Waals surface area contributed by atoms with Crippen molar-refractivity contribution in [1.29, 1.82) is 0 Å². The first-order chi connectivity index (χ1) is 8.13. The van der Waals surface area contributed by atoms with Gasteiger partial charge in [-0.1, -0.05) is 50.1 Å². The van der Waals surface area contributed by atoms with Gasteiger partial charge in [0.25, 0.3) is 0 Å². The molecule has 3 heteroatoms. The number of hydrogen-bond donors (Lipinski definition) is 2. The third kappa shape index (κ3) is 4.60. The van der Waals surface area contributed by atoms with Gasteiger partial charge in [-0.25, -0.2) is 4.79 Å². The number of hydrogen-bond acceptors (Lipinski definition) is 1. The Bertz CT molecular complexity index is 392. The van der Waals surface area contributed by atoms with E-state index >= 15 is 0 Å². The molecule has 0 radical (unpaired) electrons. The van der Waals surface area contributed by atoms with Gasteiger partial charge >= 0.3 is 6.03 Å². The summed E-state index contributed by atoms with van der Waals surface area (Å²) in [5.74, 6) is 2.78. The lowest BCUT2D eigenvalue weighted by atomic mass is 10.1. The molecular weight excluding hydrogens is 212 g/mol. The van der Waals surface area contributed by atoms with Crippen molar-refractivity contribution in [2.45, 2.75) is 26.4 Å². The summed E-state index contributed by atoms with van der Waals surface area (Å²) in [5, 5.41) is 5.52. The van der Waals surface area contributed by atoms with Crippen molar-refractivity contribution >= 4 is 6.03 Å². The number of nitrogens with one attached hydrogen (secondary N) is 2. The van der Waals surface area contributed by atoms with E-state index in [0.29, 0.717) is 6.54 Å². The Morgan fingerprint density at radius 3 is 2.53 bits per heavy atom. The van der Waals surface area contributed by atoms with E-state index in [2.05, 4.69) is 16.6 Å². The van der Waals surface area contributed by atoms with E-state index in [1.165, 1.54) is 0 Å². The first-order valence-electron chi connectivity index (χ1n) is 5.68. The molecule has 2 amide bonds. The van der Waals surface area contributed by atoms with Gasteiger partial charge in [-0.3, -0.25) is 0 Å². The molecule has 1 aromatic rings. The third-order valence-electron chi connectivity index (χ3n) is 2.43. The van der Waals surface area contributed by atoms with Crippen LogP contribution in [0.5, 0.6) is 0 Å². The van der Waals surface area contributed by atoms with E-state index in [1.54, 1.807) is 0 Å². The maximum absolute atomic E-state index is 11.6.